The molecule has 1 aromatic rings. The van der Waals surface area contributed by atoms with E-state index in [2.05, 4.69) is 16.2 Å². The standard InChI is InChI=1S/C13H15N3O3S/c17-12(15-16-13(20)14-8-5-6-8)11-7-18-9-3-1-2-4-10(9)19-11/h1-4,8,11H,5-7H2,(H,15,17)(H2,14,16,20). The van der Waals surface area contributed by atoms with Crippen molar-refractivity contribution in [2.24, 2.45) is 0 Å². The van der Waals surface area contributed by atoms with Gasteiger partial charge in [0.25, 0.3) is 5.91 Å². The van der Waals surface area contributed by atoms with E-state index in [-0.39, 0.29) is 12.5 Å². The van der Waals surface area contributed by atoms with Crippen molar-refractivity contribution in [1.29, 1.82) is 0 Å². The van der Waals surface area contributed by atoms with E-state index in [1.54, 1.807) is 12.1 Å². The van der Waals surface area contributed by atoms with Gasteiger partial charge in [-0.1, -0.05) is 12.1 Å². The summed E-state index contributed by atoms with van der Waals surface area (Å²) in [4.78, 5) is 11.9. The number of fused-ring (bicyclic) bond motifs is 1. The van der Waals surface area contributed by atoms with Crippen LogP contribution in [0.5, 0.6) is 11.5 Å². The lowest BCUT2D eigenvalue weighted by molar-refractivity contribution is -0.130. The van der Waals surface area contributed by atoms with Crippen molar-refractivity contribution in [1.82, 2.24) is 16.2 Å². The third-order valence-corrected chi connectivity index (χ3v) is 3.23. The lowest BCUT2D eigenvalue weighted by atomic mass is 10.2. The topological polar surface area (TPSA) is 71.6 Å². The van der Waals surface area contributed by atoms with E-state index < -0.39 is 6.10 Å². The summed E-state index contributed by atoms with van der Waals surface area (Å²) in [6.45, 7) is 0.174. The molecule has 0 aromatic heterocycles. The van der Waals surface area contributed by atoms with Crippen molar-refractivity contribution in [2.75, 3.05) is 6.61 Å². The Labute approximate surface area is 121 Å². The average Bonchev–Trinajstić information content (AvgIpc) is 3.28. The van der Waals surface area contributed by atoms with Crippen molar-refractivity contribution in [2.45, 2.75) is 25.0 Å². The van der Waals surface area contributed by atoms with Crippen molar-refractivity contribution in [3.8, 4) is 11.5 Å². The Bertz CT molecular complexity index is 533. The van der Waals surface area contributed by atoms with Crippen molar-refractivity contribution in [3.05, 3.63) is 24.3 Å². The summed E-state index contributed by atoms with van der Waals surface area (Å²) in [5.74, 6) is 0.896. The lowest BCUT2D eigenvalue weighted by Crippen LogP contribution is -2.53. The van der Waals surface area contributed by atoms with Crippen LogP contribution in [0.15, 0.2) is 24.3 Å². The molecule has 1 heterocycles. The number of nitrogens with one attached hydrogen (secondary N) is 3. The zero-order valence-corrected chi connectivity index (χ0v) is 11.5. The fraction of sp³-hybridized carbons (Fsp3) is 0.385. The molecule has 0 saturated heterocycles. The van der Waals surface area contributed by atoms with Crippen LogP contribution in [0.3, 0.4) is 0 Å². The smallest absolute Gasteiger partial charge is 0.283 e. The van der Waals surface area contributed by atoms with Crippen molar-refractivity contribution in [3.63, 3.8) is 0 Å². The van der Waals surface area contributed by atoms with Crippen LogP contribution in [0.1, 0.15) is 12.8 Å². The number of para-hydroxylation sites is 2. The monoisotopic (exact) mass is 293 g/mol. The van der Waals surface area contributed by atoms with Crippen LogP contribution < -0.4 is 25.6 Å². The molecule has 1 fully saturated rings. The molecule has 2 aliphatic rings. The van der Waals surface area contributed by atoms with Crippen LogP contribution in [0.25, 0.3) is 0 Å². The summed E-state index contributed by atoms with van der Waals surface area (Å²) >= 11 is 5.04. The van der Waals surface area contributed by atoms with Gasteiger partial charge in [-0.05, 0) is 37.2 Å². The SMILES string of the molecule is O=C(NNC(=S)NC1CC1)C1COc2ccccc2O1. The number of hydrazine groups is 1. The molecular formula is C13H15N3O3S. The maximum absolute atomic E-state index is 11.9. The van der Waals surface area contributed by atoms with Gasteiger partial charge in [0.2, 0.25) is 6.10 Å². The van der Waals surface area contributed by atoms with Crippen LogP contribution >= 0.6 is 12.2 Å². The molecule has 0 bridgehead atoms. The molecule has 1 aromatic carbocycles. The molecule has 1 unspecified atom stereocenters. The molecule has 7 heteroatoms. The minimum absolute atomic E-state index is 0.174. The number of ether oxygens (including phenoxy) is 2. The van der Waals surface area contributed by atoms with E-state index >= 15 is 0 Å². The molecule has 106 valence electrons. The molecule has 3 N–H and O–H groups in total. The summed E-state index contributed by atoms with van der Waals surface area (Å²) in [5.41, 5.74) is 5.18. The second kappa shape index (κ2) is 5.54. The van der Waals surface area contributed by atoms with E-state index in [0.717, 1.165) is 12.8 Å². The number of carbonyl (C=O) groups is 1. The number of thiocarbonyl (C=S) groups is 1. The van der Waals surface area contributed by atoms with E-state index in [9.17, 15) is 4.79 Å². The van der Waals surface area contributed by atoms with Crippen LogP contribution in [-0.2, 0) is 4.79 Å². The van der Waals surface area contributed by atoms with Gasteiger partial charge >= 0.3 is 0 Å². The Morgan fingerprint density at radius 2 is 1.95 bits per heavy atom. The maximum atomic E-state index is 11.9. The second-order valence-corrected chi connectivity index (χ2v) is 5.13. The van der Waals surface area contributed by atoms with E-state index in [0.29, 0.717) is 22.7 Å². The number of benzene rings is 1. The van der Waals surface area contributed by atoms with E-state index in [1.807, 2.05) is 12.1 Å². The predicted molar refractivity (Wildman–Crippen MR) is 76.4 cm³/mol. The lowest BCUT2D eigenvalue weighted by Gasteiger charge is -2.25. The average molecular weight is 293 g/mol. The quantitative estimate of drug-likeness (QED) is 0.544. The van der Waals surface area contributed by atoms with Gasteiger partial charge in [0, 0.05) is 6.04 Å². The van der Waals surface area contributed by atoms with Gasteiger partial charge in [0.05, 0.1) is 0 Å². The first kappa shape index (κ1) is 13.0. The summed E-state index contributed by atoms with van der Waals surface area (Å²) in [6, 6.07) is 7.69. The third kappa shape index (κ3) is 3.11. The highest BCUT2D eigenvalue weighted by Crippen LogP contribution is 2.30. The maximum Gasteiger partial charge on any atom is 0.283 e. The van der Waals surface area contributed by atoms with Gasteiger partial charge in [-0.3, -0.25) is 15.6 Å². The van der Waals surface area contributed by atoms with Gasteiger partial charge in [0.1, 0.15) is 6.61 Å². The van der Waals surface area contributed by atoms with Crippen molar-refractivity contribution >= 4 is 23.2 Å². The van der Waals surface area contributed by atoms with Crippen LogP contribution in [0.2, 0.25) is 0 Å². The Kier molecular flexibility index (Phi) is 3.60. The van der Waals surface area contributed by atoms with Gasteiger partial charge in [-0.15, -0.1) is 0 Å². The Balaban J connectivity index is 1.49. The van der Waals surface area contributed by atoms with Crippen LogP contribution in [0.4, 0.5) is 0 Å². The molecule has 0 radical (unpaired) electrons. The largest absolute Gasteiger partial charge is 0.485 e. The van der Waals surface area contributed by atoms with E-state index in [1.165, 1.54) is 0 Å². The number of amides is 1. The molecule has 1 aliphatic heterocycles. The molecule has 6 nitrogen and oxygen atoms in total. The minimum Gasteiger partial charge on any atom is -0.485 e. The number of hydrogen-bond donors (Lipinski definition) is 3. The normalized spacial score (nSPS) is 19.9. The number of hydrogen-bond acceptors (Lipinski definition) is 4. The molecule has 1 amide bonds. The molecule has 1 saturated carbocycles. The molecule has 3 rings (SSSR count). The number of rotatable bonds is 2. The zero-order chi connectivity index (χ0) is 13.9. The van der Waals surface area contributed by atoms with Crippen LogP contribution in [0, 0.1) is 0 Å². The minimum atomic E-state index is -0.693. The van der Waals surface area contributed by atoms with Crippen molar-refractivity contribution < 1.29 is 14.3 Å². The van der Waals surface area contributed by atoms with Gasteiger partial charge in [0.15, 0.2) is 16.6 Å². The highest BCUT2D eigenvalue weighted by molar-refractivity contribution is 7.80. The third-order valence-electron chi connectivity index (χ3n) is 3.01. The second-order valence-electron chi connectivity index (χ2n) is 4.73. The van der Waals surface area contributed by atoms with Crippen LogP contribution in [-0.4, -0.2) is 29.8 Å². The summed E-state index contributed by atoms with van der Waals surface area (Å²) in [6.07, 6.45) is 1.54. The zero-order valence-electron chi connectivity index (χ0n) is 10.7. The first-order chi connectivity index (χ1) is 9.72. The predicted octanol–water partition coefficient (Wildman–Crippen LogP) is 0.484. The molecular weight excluding hydrogens is 278 g/mol. The fourth-order valence-electron chi connectivity index (χ4n) is 1.80. The highest BCUT2D eigenvalue weighted by Gasteiger charge is 2.27. The Morgan fingerprint density at radius 1 is 1.20 bits per heavy atom. The number of carbonyl (C=O) groups excluding carboxylic acids is 1. The molecule has 1 atom stereocenters. The fourth-order valence-corrected chi connectivity index (χ4v) is 2.01. The van der Waals surface area contributed by atoms with Gasteiger partial charge < -0.3 is 14.8 Å². The Morgan fingerprint density at radius 3 is 2.70 bits per heavy atom. The summed E-state index contributed by atoms with van der Waals surface area (Å²) in [7, 11) is 0. The summed E-state index contributed by atoms with van der Waals surface area (Å²) in [5, 5.41) is 3.48. The van der Waals surface area contributed by atoms with E-state index in [4.69, 9.17) is 21.7 Å². The highest BCUT2D eigenvalue weighted by atomic mass is 32.1. The first-order valence-electron chi connectivity index (χ1n) is 6.47. The molecule has 20 heavy (non-hydrogen) atoms. The summed E-state index contributed by atoms with van der Waals surface area (Å²) < 4.78 is 11.1. The van der Waals surface area contributed by atoms with Gasteiger partial charge in [-0.25, -0.2) is 0 Å². The molecule has 1 aliphatic carbocycles. The Hall–Kier alpha value is -2.02. The first-order valence-corrected chi connectivity index (χ1v) is 6.88. The van der Waals surface area contributed by atoms with Gasteiger partial charge in [-0.2, -0.15) is 0 Å². The molecule has 0 spiro atoms.